The van der Waals surface area contributed by atoms with Crippen molar-refractivity contribution in [1.82, 2.24) is 4.90 Å². The number of alkyl halides is 1. The lowest BCUT2D eigenvalue weighted by Crippen LogP contribution is -2.40. The predicted molar refractivity (Wildman–Crippen MR) is 81.2 cm³/mol. The number of rotatable bonds is 2. The molecule has 1 aliphatic rings. The lowest BCUT2D eigenvalue weighted by Gasteiger charge is -2.28. The monoisotopic (exact) mass is 349 g/mol. The molecule has 0 N–H and O–H groups in total. The van der Waals surface area contributed by atoms with Crippen LogP contribution in [0.4, 0.5) is 0 Å². The lowest BCUT2D eigenvalue weighted by molar-refractivity contribution is 0.0707. The molecule has 1 unspecified atom stereocenters. The van der Waals surface area contributed by atoms with Crippen LogP contribution >= 0.6 is 38.9 Å². The molecule has 2 heterocycles. The van der Waals surface area contributed by atoms with Gasteiger partial charge in [-0.05, 0) is 30.7 Å². The number of likely N-dealkylation sites (tertiary alicyclic amines) is 1. The first kappa shape index (κ1) is 14.4. The molecule has 1 aromatic heterocycles. The molecular weight excluding hydrogens is 334 g/mol. The summed E-state index contributed by atoms with van der Waals surface area (Å²) in [5, 5.41) is 3.43. The second-order valence-corrected chi connectivity index (χ2v) is 6.62. The van der Waals surface area contributed by atoms with Crippen LogP contribution in [0, 0.1) is 6.92 Å². The van der Waals surface area contributed by atoms with E-state index in [0.717, 1.165) is 30.3 Å². The Kier molecular flexibility index (Phi) is 5.10. The summed E-state index contributed by atoms with van der Waals surface area (Å²) in [5.41, 5.74) is 0.996. The first-order chi connectivity index (χ1) is 8.65. The van der Waals surface area contributed by atoms with Gasteiger partial charge in [0, 0.05) is 17.9 Å². The van der Waals surface area contributed by atoms with Gasteiger partial charge in [-0.25, -0.2) is 0 Å². The highest BCUT2D eigenvalue weighted by atomic mass is 79.9. The molecule has 1 fully saturated rings. The van der Waals surface area contributed by atoms with Gasteiger partial charge in [0.05, 0.1) is 5.02 Å². The molecule has 1 aliphatic heterocycles. The third kappa shape index (κ3) is 2.91. The number of carbonyl (C=O) groups excluding carboxylic acids is 1. The maximum atomic E-state index is 12.6. The number of amides is 1. The van der Waals surface area contributed by atoms with Gasteiger partial charge >= 0.3 is 0 Å². The molecule has 100 valence electrons. The fourth-order valence-corrected chi connectivity index (χ4v) is 4.21. The molecule has 1 saturated heterocycles. The van der Waals surface area contributed by atoms with Gasteiger partial charge in [0.2, 0.25) is 0 Å². The number of aryl methyl sites for hydroxylation is 1. The van der Waals surface area contributed by atoms with Crippen molar-refractivity contribution in [1.29, 1.82) is 0 Å². The first-order valence-corrected chi connectivity index (χ1v) is 8.63. The molecule has 1 atom stereocenters. The largest absolute Gasteiger partial charge is 0.334 e. The standard InChI is InChI=1S/C13H17BrClNOS/c1-9-8-18-12(11(9)15)13(17)16-6-4-2-3-5-10(16)7-14/h8,10H,2-7H2,1H3. The fourth-order valence-electron chi connectivity index (χ4n) is 2.31. The molecule has 0 bridgehead atoms. The summed E-state index contributed by atoms with van der Waals surface area (Å²) in [6.07, 6.45) is 4.60. The lowest BCUT2D eigenvalue weighted by atomic mass is 10.1. The van der Waals surface area contributed by atoms with Crippen molar-refractivity contribution in [3.8, 4) is 0 Å². The Bertz CT molecular complexity index is 435. The highest BCUT2D eigenvalue weighted by molar-refractivity contribution is 9.09. The quantitative estimate of drug-likeness (QED) is 0.720. The Labute approximate surface area is 125 Å². The smallest absolute Gasteiger partial charge is 0.265 e. The highest BCUT2D eigenvalue weighted by Crippen LogP contribution is 2.30. The van der Waals surface area contributed by atoms with E-state index in [4.69, 9.17) is 11.6 Å². The van der Waals surface area contributed by atoms with Crippen LogP contribution in [0.15, 0.2) is 5.38 Å². The van der Waals surface area contributed by atoms with Gasteiger partial charge in [-0.1, -0.05) is 40.4 Å². The molecule has 1 amide bonds. The maximum absolute atomic E-state index is 12.6. The van der Waals surface area contributed by atoms with Gasteiger partial charge in [-0.3, -0.25) is 4.79 Å². The van der Waals surface area contributed by atoms with Crippen LogP contribution in [0.5, 0.6) is 0 Å². The summed E-state index contributed by atoms with van der Waals surface area (Å²) < 4.78 is 0. The molecule has 2 rings (SSSR count). The number of halogens is 2. The van der Waals surface area contributed by atoms with Crippen molar-refractivity contribution in [3.63, 3.8) is 0 Å². The zero-order valence-corrected chi connectivity index (χ0v) is 13.6. The van der Waals surface area contributed by atoms with E-state index in [0.29, 0.717) is 15.9 Å². The molecule has 5 heteroatoms. The normalized spacial score (nSPS) is 20.8. The minimum atomic E-state index is 0.101. The Morgan fingerprint density at radius 2 is 2.33 bits per heavy atom. The number of thiophene rings is 1. The molecule has 1 aromatic rings. The molecule has 0 radical (unpaired) electrons. The SMILES string of the molecule is Cc1csc(C(=O)N2CCCCCC2CBr)c1Cl. The van der Waals surface area contributed by atoms with Crippen molar-refractivity contribution >= 4 is 44.8 Å². The van der Waals surface area contributed by atoms with Crippen molar-refractivity contribution in [2.75, 3.05) is 11.9 Å². The van der Waals surface area contributed by atoms with E-state index in [-0.39, 0.29) is 5.91 Å². The summed E-state index contributed by atoms with van der Waals surface area (Å²) in [7, 11) is 0. The third-order valence-corrected chi connectivity index (χ3v) is 5.84. The summed E-state index contributed by atoms with van der Waals surface area (Å²) in [6, 6.07) is 0.304. The average molecular weight is 351 g/mol. The van der Waals surface area contributed by atoms with Gasteiger partial charge in [0.15, 0.2) is 0 Å². The molecule has 0 aromatic carbocycles. The third-order valence-electron chi connectivity index (χ3n) is 3.41. The molecule has 0 saturated carbocycles. The predicted octanol–water partition coefficient (Wildman–Crippen LogP) is 4.49. The molecule has 18 heavy (non-hydrogen) atoms. The number of hydrogen-bond acceptors (Lipinski definition) is 2. The fraction of sp³-hybridized carbons (Fsp3) is 0.615. The van der Waals surface area contributed by atoms with E-state index in [1.807, 2.05) is 17.2 Å². The van der Waals surface area contributed by atoms with Crippen LogP contribution in [0.3, 0.4) is 0 Å². The summed E-state index contributed by atoms with van der Waals surface area (Å²) in [5.74, 6) is 0.101. The highest BCUT2D eigenvalue weighted by Gasteiger charge is 2.27. The minimum absolute atomic E-state index is 0.101. The average Bonchev–Trinajstić information content (AvgIpc) is 2.59. The number of nitrogens with zero attached hydrogens (tertiary/aromatic N) is 1. The number of carbonyl (C=O) groups is 1. The van der Waals surface area contributed by atoms with Gasteiger partial charge in [-0.15, -0.1) is 11.3 Å². The van der Waals surface area contributed by atoms with Crippen LogP contribution in [-0.4, -0.2) is 28.7 Å². The second kappa shape index (κ2) is 6.40. The van der Waals surface area contributed by atoms with Gasteiger partial charge in [0.25, 0.3) is 5.91 Å². The van der Waals surface area contributed by atoms with Gasteiger partial charge in [0.1, 0.15) is 4.88 Å². The molecule has 2 nitrogen and oxygen atoms in total. The molecular formula is C13H17BrClNOS. The van der Waals surface area contributed by atoms with Crippen LogP contribution in [0.25, 0.3) is 0 Å². The zero-order valence-electron chi connectivity index (χ0n) is 10.4. The summed E-state index contributed by atoms with van der Waals surface area (Å²) >= 11 is 11.2. The second-order valence-electron chi connectivity index (χ2n) is 4.72. The van der Waals surface area contributed by atoms with Crippen LogP contribution in [0.1, 0.15) is 40.9 Å². The van der Waals surface area contributed by atoms with E-state index < -0.39 is 0 Å². The van der Waals surface area contributed by atoms with Crippen LogP contribution in [0.2, 0.25) is 5.02 Å². The van der Waals surface area contributed by atoms with E-state index in [1.165, 1.54) is 24.2 Å². The van der Waals surface area contributed by atoms with E-state index in [1.54, 1.807) is 0 Å². The topological polar surface area (TPSA) is 20.3 Å². The van der Waals surface area contributed by atoms with Gasteiger partial charge < -0.3 is 4.90 Å². The molecule has 0 spiro atoms. The van der Waals surface area contributed by atoms with Crippen molar-refractivity contribution < 1.29 is 4.79 Å². The van der Waals surface area contributed by atoms with Crippen molar-refractivity contribution in [2.45, 2.75) is 38.6 Å². The Morgan fingerprint density at radius 3 is 2.94 bits per heavy atom. The van der Waals surface area contributed by atoms with Crippen molar-refractivity contribution in [2.24, 2.45) is 0 Å². The van der Waals surface area contributed by atoms with Crippen molar-refractivity contribution in [3.05, 3.63) is 20.8 Å². The van der Waals surface area contributed by atoms with Crippen LogP contribution < -0.4 is 0 Å². The number of hydrogen-bond donors (Lipinski definition) is 0. The van der Waals surface area contributed by atoms with E-state index in [2.05, 4.69) is 15.9 Å². The Balaban J connectivity index is 2.22. The Morgan fingerprint density at radius 1 is 1.56 bits per heavy atom. The minimum Gasteiger partial charge on any atom is -0.334 e. The van der Waals surface area contributed by atoms with Crippen LogP contribution in [-0.2, 0) is 0 Å². The maximum Gasteiger partial charge on any atom is 0.265 e. The molecule has 0 aliphatic carbocycles. The summed E-state index contributed by atoms with van der Waals surface area (Å²) in [4.78, 5) is 15.3. The van der Waals surface area contributed by atoms with Gasteiger partial charge in [-0.2, -0.15) is 0 Å². The first-order valence-electron chi connectivity index (χ1n) is 6.25. The zero-order chi connectivity index (χ0) is 13.1. The Hall–Kier alpha value is -0.0600. The van der Waals surface area contributed by atoms with E-state index >= 15 is 0 Å². The van der Waals surface area contributed by atoms with E-state index in [9.17, 15) is 4.79 Å². The summed E-state index contributed by atoms with van der Waals surface area (Å²) in [6.45, 7) is 2.79.